The van der Waals surface area contributed by atoms with Crippen LogP contribution in [0.1, 0.15) is 0 Å². The van der Waals surface area contributed by atoms with Gasteiger partial charge in [-0.15, -0.1) is 0 Å². The summed E-state index contributed by atoms with van der Waals surface area (Å²) in [5.41, 5.74) is 0.852. The van der Waals surface area contributed by atoms with E-state index in [0.717, 1.165) is 25.3 Å². The van der Waals surface area contributed by atoms with Crippen molar-refractivity contribution in [3.63, 3.8) is 0 Å². The summed E-state index contributed by atoms with van der Waals surface area (Å²) in [7, 11) is 0. The maximum absolute atomic E-state index is 13.2. The van der Waals surface area contributed by atoms with E-state index in [4.69, 9.17) is 4.74 Å². The fourth-order valence-corrected chi connectivity index (χ4v) is 2.97. The van der Waals surface area contributed by atoms with Crippen molar-refractivity contribution >= 4 is 45.2 Å². The van der Waals surface area contributed by atoms with Gasteiger partial charge < -0.3 is 9.30 Å². The minimum Gasteiger partial charge on any atom is -0.491 e. The van der Waals surface area contributed by atoms with Crippen molar-refractivity contribution < 1.29 is 9.13 Å². The van der Waals surface area contributed by atoms with E-state index in [1.54, 1.807) is 6.07 Å². The minimum atomic E-state index is -0.284. The van der Waals surface area contributed by atoms with Gasteiger partial charge in [-0.1, -0.05) is 0 Å². The molecular weight excluding hydrogens is 449 g/mol. The van der Waals surface area contributed by atoms with E-state index in [-0.39, 0.29) is 5.82 Å². The van der Waals surface area contributed by atoms with Crippen LogP contribution in [-0.2, 0) is 6.54 Å². The van der Waals surface area contributed by atoms with Gasteiger partial charge in [-0.2, -0.15) is 0 Å². The van der Waals surface area contributed by atoms with Gasteiger partial charge in [0.25, 0.3) is 0 Å². The predicted molar refractivity (Wildman–Crippen MR) is 78.5 cm³/mol. The molecule has 1 aromatic heterocycles. The Bertz CT molecular complexity index is 597. The molecular formula is C11H7FI2N2O. The van der Waals surface area contributed by atoms with E-state index >= 15 is 0 Å². The Morgan fingerprint density at radius 3 is 3.00 bits per heavy atom. The lowest BCUT2D eigenvalue weighted by molar-refractivity contribution is 0.304. The molecule has 17 heavy (non-hydrogen) atoms. The molecule has 1 aliphatic rings. The topological polar surface area (TPSA) is 27.1 Å². The Hall–Kier alpha value is -0.380. The SMILES string of the molecule is Fc1ccc2c(c1)OCCn1c-2nc(I)c1I. The van der Waals surface area contributed by atoms with Crippen LogP contribution in [0.2, 0.25) is 0 Å². The zero-order valence-electron chi connectivity index (χ0n) is 8.58. The van der Waals surface area contributed by atoms with Crippen molar-refractivity contribution in [3.8, 4) is 17.1 Å². The summed E-state index contributed by atoms with van der Waals surface area (Å²) in [4.78, 5) is 4.52. The second-order valence-electron chi connectivity index (χ2n) is 3.66. The van der Waals surface area contributed by atoms with E-state index in [1.165, 1.54) is 12.1 Å². The lowest BCUT2D eigenvalue weighted by Crippen LogP contribution is -2.07. The number of ether oxygens (including phenoxy) is 1. The van der Waals surface area contributed by atoms with Gasteiger partial charge in [0.2, 0.25) is 0 Å². The number of nitrogens with zero attached hydrogens (tertiary/aromatic N) is 2. The maximum atomic E-state index is 13.2. The number of hydrogen-bond donors (Lipinski definition) is 0. The van der Waals surface area contributed by atoms with Crippen LogP contribution in [0.5, 0.6) is 5.75 Å². The summed E-state index contributed by atoms with van der Waals surface area (Å²) in [5.74, 6) is 1.14. The van der Waals surface area contributed by atoms with Crippen molar-refractivity contribution in [3.05, 3.63) is 31.4 Å². The quantitative estimate of drug-likeness (QED) is 0.570. The Morgan fingerprint density at radius 2 is 2.18 bits per heavy atom. The fraction of sp³-hybridized carbons (Fsp3) is 0.182. The molecule has 2 aromatic rings. The van der Waals surface area contributed by atoms with E-state index < -0.39 is 0 Å². The average molecular weight is 456 g/mol. The van der Waals surface area contributed by atoms with Gasteiger partial charge in [0.15, 0.2) is 0 Å². The van der Waals surface area contributed by atoms with E-state index in [2.05, 4.69) is 54.7 Å². The van der Waals surface area contributed by atoms with Crippen molar-refractivity contribution in [2.45, 2.75) is 6.54 Å². The summed E-state index contributed by atoms with van der Waals surface area (Å²) in [5, 5.41) is 0. The number of imidazole rings is 1. The van der Waals surface area contributed by atoms with Crippen molar-refractivity contribution in [2.24, 2.45) is 0 Å². The third-order valence-electron chi connectivity index (χ3n) is 2.62. The third-order valence-corrected chi connectivity index (χ3v) is 5.50. The molecule has 0 saturated carbocycles. The molecule has 3 rings (SSSR count). The zero-order chi connectivity index (χ0) is 12.0. The zero-order valence-corrected chi connectivity index (χ0v) is 12.9. The van der Waals surface area contributed by atoms with Gasteiger partial charge in [-0.05, 0) is 57.3 Å². The summed E-state index contributed by atoms with van der Waals surface area (Å²) in [6.07, 6.45) is 0. The molecule has 0 atom stereocenters. The van der Waals surface area contributed by atoms with Crippen LogP contribution < -0.4 is 4.74 Å². The van der Waals surface area contributed by atoms with Gasteiger partial charge in [-0.25, -0.2) is 9.37 Å². The van der Waals surface area contributed by atoms with Crippen LogP contribution in [-0.4, -0.2) is 16.2 Å². The van der Waals surface area contributed by atoms with Crippen LogP contribution >= 0.6 is 45.2 Å². The molecule has 0 saturated heterocycles. The third kappa shape index (κ3) is 1.94. The van der Waals surface area contributed by atoms with Crippen LogP contribution in [0.3, 0.4) is 0 Å². The highest BCUT2D eigenvalue weighted by atomic mass is 127. The largest absolute Gasteiger partial charge is 0.491 e. The van der Waals surface area contributed by atoms with Crippen LogP contribution in [0, 0.1) is 13.2 Å². The summed E-state index contributed by atoms with van der Waals surface area (Å²) in [6, 6.07) is 4.58. The molecule has 1 aliphatic heterocycles. The number of hydrogen-bond acceptors (Lipinski definition) is 2. The second kappa shape index (κ2) is 4.38. The summed E-state index contributed by atoms with van der Waals surface area (Å²) < 4.78 is 22.9. The van der Waals surface area contributed by atoms with Crippen molar-refractivity contribution in [2.75, 3.05) is 6.61 Å². The number of halogens is 3. The first-order valence-corrected chi connectivity index (χ1v) is 7.17. The van der Waals surface area contributed by atoms with Gasteiger partial charge in [0, 0.05) is 6.07 Å². The van der Waals surface area contributed by atoms with E-state index in [9.17, 15) is 4.39 Å². The Balaban J connectivity index is 2.27. The lowest BCUT2D eigenvalue weighted by atomic mass is 10.2. The van der Waals surface area contributed by atoms with Crippen LogP contribution in [0.4, 0.5) is 4.39 Å². The minimum absolute atomic E-state index is 0.284. The van der Waals surface area contributed by atoms with Crippen molar-refractivity contribution in [1.29, 1.82) is 0 Å². The highest BCUT2D eigenvalue weighted by Crippen LogP contribution is 2.34. The average Bonchev–Trinajstić information content (AvgIpc) is 2.49. The molecule has 6 heteroatoms. The Labute approximate surface area is 125 Å². The number of benzene rings is 1. The molecule has 2 heterocycles. The summed E-state index contributed by atoms with van der Waals surface area (Å²) in [6.45, 7) is 1.27. The highest BCUT2D eigenvalue weighted by molar-refractivity contribution is 14.1. The first-order chi connectivity index (χ1) is 8.16. The van der Waals surface area contributed by atoms with Gasteiger partial charge >= 0.3 is 0 Å². The lowest BCUT2D eigenvalue weighted by Gasteiger charge is -2.05. The molecule has 0 radical (unpaired) electrons. The van der Waals surface area contributed by atoms with Gasteiger partial charge in [-0.3, -0.25) is 0 Å². The molecule has 3 nitrogen and oxygen atoms in total. The van der Waals surface area contributed by atoms with Crippen molar-refractivity contribution in [1.82, 2.24) is 9.55 Å². The van der Waals surface area contributed by atoms with Crippen LogP contribution in [0.25, 0.3) is 11.4 Å². The fourth-order valence-electron chi connectivity index (χ4n) is 1.86. The molecule has 0 bridgehead atoms. The monoisotopic (exact) mass is 456 g/mol. The number of rotatable bonds is 0. The second-order valence-corrected chi connectivity index (χ2v) is 5.70. The number of fused-ring (bicyclic) bond motifs is 3. The molecule has 1 aromatic carbocycles. The first kappa shape index (κ1) is 11.7. The molecule has 0 spiro atoms. The normalized spacial score (nSPS) is 13.6. The van der Waals surface area contributed by atoms with Gasteiger partial charge in [0.05, 0.1) is 12.1 Å². The van der Waals surface area contributed by atoms with E-state index in [1.807, 2.05) is 0 Å². The smallest absolute Gasteiger partial charge is 0.145 e. The maximum Gasteiger partial charge on any atom is 0.145 e. The van der Waals surface area contributed by atoms with Gasteiger partial charge in [0.1, 0.15) is 31.4 Å². The van der Waals surface area contributed by atoms with Crippen LogP contribution in [0.15, 0.2) is 18.2 Å². The molecule has 0 fully saturated rings. The first-order valence-electron chi connectivity index (χ1n) is 5.01. The number of aromatic nitrogens is 2. The molecule has 0 N–H and O–H groups in total. The molecule has 0 unspecified atom stereocenters. The Kier molecular flexibility index (Phi) is 3.01. The standard InChI is InChI=1S/C11H7FI2N2O/c12-6-1-2-7-8(5-6)17-4-3-16-10(14)9(13)15-11(7)16/h1-2,5H,3-4H2. The predicted octanol–water partition coefficient (Wildman–Crippen LogP) is 3.29. The molecule has 0 amide bonds. The van der Waals surface area contributed by atoms with E-state index in [0.29, 0.717) is 12.4 Å². The molecule has 0 aliphatic carbocycles. The summed E-state index contributed by atoms with van der Waals surface area (Å²) >= 11 is 4.48. The highest BCUT2D eigenvalue weighted by Gasteiger charge is 2.21. The Morgan fingerprint density at radius 1 is 1.35 bits per heavy atom. The molecule has 88 valence electrons.